The molecule has 2 atom stereocenters. The number of carbonyl (C=O) groups is 3. The molecule has 22 heavy (non-hydrogen) atoms. The van der Waals surface area contributed by atoms with Crippen molar-refractivity contribution in [2.75, 3.05) is 5.32 Å². The van der Waals surface area contributed by atoms with Crippen LogP contribution in [0.25, 0.3) is 0 Å². The van der Waals surface area contributed by atoms with E-state index in [-0.39, 0.29) is 18.0 Å². The van der Waals surface area contributed by atoms with E-state index >= 15 is 0 Å². The second-order valence-corrected chi connectivity index (χ2v) is 5.77. The Labute approximate surface area is 134 Å². The molecule has 1 aromatic carbocycles. The van der Waals surface area contributed by atoms with E-state index < -0.39 is 29.8 Å². The minimum absolute atomic E-state index is 0.00901. The topological polar surface area (TPSA) is 84.5 Å². The molecule has 0 unspecified atom stereocenters. The van der Waals surface area contributed by atoms with Crippen LogP contribution in [0.15, 0.2) is 22.7 Å². The number of halogens is 2. The zero-order chi connectivity index (χ0) is 16.3. The van der Waals surface area contributed by atoms with Crippen LogP contribution in [0.1, 0.15) is 19.8 Å². The van der Waals surface area contributed by atoms with Crippen molar-refractivity contribution in [3.8, 4) is 0 Å². The van der Waals surface area contributed by atoms with Crippen molar-refractivity contribution in [2.24, 2.45) is 0 Å². The monoisotopic (exact) mass is 372 g/mol. The van der Waals surface area contributed by atoms with Gasteiger partial charge in [0.25, 0.3) is 5.91 Å². The highest BCUT2D eigenvalue weighted by molar-refractivity contribution is 9.10. The Kier molecular flexibility index (Phi) is 5.12. The minimum Gasteiger partial charge on any atom is -0.451 e. The predicted octanol–water partition coefficient (Wildman–Crippen LogP) is 1.74. The van der Waals surface area contributed by atoms with Crippen molar-refractivity contribution in [3.63, 3.8) is 0 Å². The van der Waals surface area contributed by atoms with Crippen molar-refractivity contribution >= 4 is 39.4 Å². The maximum Gasteiger partial charge on any atom is 0.329 e. The summed E-state index contributed by atoms with van der Waals surface area (Å²) >= 11 is 3.11. The molecular formula is C14H14BrFN2O4. The highest BCUT2D eigenvalue weighted by Crippen LogP contribution is 2.19. The number of anilines is 1. The van der Waals surface area contributed by atoms with Crippen LogP contribution in [0.2, 0.25) is 0 Å². The van der Waals surface area contributed by atoms with Gasteiger partial charge in [0.1, 0.15) is 11.9 Å². The van der Waals surface area contributed by atoms with E-state index in [0.717, 1.165) is 0 Å². The van der Waals surface area contributed by atoms with E-state index in [1.54, 1.807) is 6.07 Å². The number of rotatable bonds is 4. The summed E-state index contributed by atoms with van der Waals surface area (Å²) in [6.07, 6.45) is -0.509. The smallest absolute Gasteiger partial charge is 0.329 e. The molecule has 2 rings (SSSR count). The van der Waals surface area contributed by atoms with E-state index in [9.17, 15) is 18.8 Å². The van der Waals surface area contributed by atoms with Crippen LogP contribution in [-0.4, -0.2) is 29.9 Å². The molecule has 0 saturated carbocycles. The number of benzene rings is 1. The van der Waals surface area contributed by atoms with Crippen molar-refractivity contribution in [1.29, 1.82) is 0 Å². The van der Waals surface area contributed by atoms with E-state index in [0.29, 0.717) is 10.9 Å². The summed E-state index contributed by atoms with van der Waals surface area (Å²) in [6, 6.07) is 3.44. The van der Waals surface area contributed by atoms with E-state index in [2.05, 4.69) is 26.6 Å². The van der Waals surface area contributed by atoms with Gasteiger partial charge >= 0.3 is 5.97 Å². The predicted molar refractivity (Wildman–Crippen MR) is 79.4 cm³/mol. The van der Waals surface area contributed by atoms with Crippen LogP contribution in [0.5, 0.6) is 0 Å². The zero-order valence-corrected chi connectivity index (χ0v) is 13.3. The third-order valence-corrected chi connectivity index (χ3v) is 3.62. The second-order valence-electron chi connectivity index (χ2n) is 4.85. The molecule has 1 aliphatic heterocycles. The van der Waals surface area contributed by atoms with Gasteiger partial charge in [-0.25, -0.2) is 9.18 Å². The Hall–Kier alpha value is -1.96. The highest BCUT2D eigenvalue weighted by atomic mass is 79.9. The summed E-state index contributed by atoms with van der Waals surface area (Å²) in [7, 11) is 0. The van der Waals surface area contributed by atoms with Gasteiger partial charge in [0, 0.05) is 10.9 Å². The Morgan fingerprint density at radius 3 is 2.82 bits per heavy atom. The van der Waals surface area contributed by atoms with Gasteiger partial charge in [0.2, 0.25) is 5.91 Å². The fourth-order valence-corrected chi connectivity index (χ4v) is 2.26. The normalized spacial score (nSPS) is 18.5. The summed E-state index contributed by atoms with van der Waals surface area (Å²) < 4.78 is 19.1. The van der Waals surface area contributed by atoms with Gasteiger partial charge in [-0.05, 0) is 31.5 Å². The summed E-state index contributed by atoms with van der Waals surface area (Å²) in [5.74, 6) is -2.16. The first-order valence-corrected chi connectivity index (χ1v) is 7.42. The minimum atomic E-state index is -1.10. The molecule has 1 aliphatic rings. The molecule has 0 bridgehead atoms. The lowest BCUT2D eigenvalue weighted by molar-refractivity contribution is -0.155. The number of nitrogens with one attached hydrogen (secondary N) is 2. The molecule has 118 valence electrons. The fraction of sp³-hybridized carbons (Fsp3) is 0.357. The number of hydrogen-bond donors (Lipinski definition) is 2. The third kappa shape index (κ3) is 4.03. The number of carbonyl (C=O) groups excluding carboxylic acids is 3. The van der Waals surface area contributed by atoms with Crippen LogP contribution >= 0.6 is 15.9 Å². The molecule has 6 nitrogen and oxygen atoms in total. The summed E-state index contributed by atoms with van der Waals surface area (Å²) in [5.41, 5.74) is -0.00901. The molecule has 8 heteroatoms. The molecule has 1 heterocycles. The second kappa shape index (κ2) is 6.87. The van der Waals surface area contributed by atoms with Crippen molar-refractivity contribution in [3.05, 3.63) is 28.5 Å². The first-order chi connectivity index (χ1) is 10.4. The van der Waals surface area contributed by atoms with Crippen LogP contribution < -0.4 is 10.6 Å². The van der Waals surface area contributed by atoms with Crippen molar-refractivity contribution in [2.45, 2.75) is 31.9 Å². The molecule has 0 spiro atoms. The van der Waals surface area contributed by atoms with Crippen LogP contribution in [0, 0.1) is 5.82 Å². The third-order valence-electron chi connectivity index (χ3n) is 3.13. The maximum atomic E-state index is 13.6. The molecule has 1 saturated heterocycles. The van der Waals surface area contributed by atoms with Crippen LogP contribution in [0.4, 0.5) is 10.1 Å². The van der Waals surface area contributed by atoms with Gasteiger partial charge in [-0.3, -0.25) is 9.59 Å². The SMILES string of the molecule is C[C@@H](OC(=O)[C@H]1CCC(=O)N1)C(=O)Nc1ccc(Br)cc1F. The van der Waals surface area contributed by atoms with Gasteiger partial charge in [0.05, 0.1) is 5.69 Å². The standard InChI is InChI=1S/C14H14BrFN2O4/c1-7(22-14(21)11-4-5-12(19)17-11)13(20)18-10-3-2-8(15)6-9(10)16/h2-3,6-7,11H,4-5H2,1H3,(H,17,19)(H,18,20)/t7-,11-/m1/s1. The zero-order valence-electron chi connectivity index (χ0n) is 11.7. The number of hydrogen-bond acceptors (Lipinski definition) is 4. The van der Waals surface area contributed by atoms with Crippen molar-refractivity contribution < 1.29 is 23.5 Å². The van der Waals surface area contributed by atoms with Crippen LogP contribution in [0.3, 0.4) is 0 Å². The van der Waals surface area contributed by atoms with Gasteiger partial charge < -0.3 is 15.4 Å². The number of esters is 1. The first-order valence-electron chi connectivity index (χ1n) is 6.62. The molecule has 2 amide bonds. The Bertz CT molecular complexity index is 623. The number of ether oxygens (including phenoxy) is 1. The molecule has 1 aromatic rings. The number of amides is 2. The summed E-state index contributed by atoms with van der Waals surface area (Å²) in [4.78, 5) is 34.7. The Morgan fingerprint density at radius 2 is 2.23 bits per heavy atom. The fourth-order valence-electron chi connectivity index (χ4n) is 1.93. The quantitative estimate of drug-likeness (QED) is 0.788. The van der Waals surface area contributed by atoms with Gasteiger partial charge in [-0.1, -0.05) is 15.9 Å². The average molecular weight is 373 g/mol. The molecule has 0 radical (unpaired) electrons. The van der Waals surface area contributed by atoms with Gasteiger partial charge in [-0.15, -0.1) is 0 Å². The lowest BCUT2D eigenvalue weighted by Gasteiger charge is -2.16. The largest absolute Gasteiger partial charge is 0.451 e. The molecule has 1 fully saturated rings. The molecule has 0 aliphatic carbocycles. The summed E-state index contributed by atoms with van der Waals surface area (Å²) in [5, 5.41) is 4.80. The lowest BCUT2D eigenvalue weighted by atomic mass is 10.2. The van der Waals surface area contributed by atoms with Crippen LogP contribution in [-0.2, 0) is 19.1 Å². The molecular weight excluding hydrogens is 359 g/mol. The average Bonchev–Trinajstić information content (AvgIpc) is 2.88. The Balaban J connectivity index is 1.91. The van der Waals surface area contributed by atoms with Gasteiger partial charge in [0.15, 0.2) is 6.10 Å². The molecule has 0 aromatic heterocycles. The van der Waals surface area contributed by atoms with E-state index in [1.165, 1.54) is 19.1 Å². The lowest BCUT2D eigenvalue weighted by Crippen LogP contribution is -2.39. The van der Waals surface area contributed by atoms with Gasteiger partial charge in [-0.2, -0.15) is 0 Å². The summed E-state index contributed by atoms with van der Waals surface area (Å²) in [6.45, 7) is 1.38. The molecule has 2 N–H and O–H groups in total. The van der Waals surface area contributed by atoms with E-state index in [4.69, 9.17) is 4.74 Å². The van der Waals surface area contributed by atoms with E-state index in [1.807, 2.05) is 0 Å². The van der Waals surface area contributed by atoms with Crippen molar-refractivity contribution in [1.82, 2.24) is 5.32 Å². The first kappa shape index (κ1) is 16.4. The highest BCUT2D eigenvalue weighted by Gasteiger charge is 2.30. The Morgan fingerprint density at radius 1 is 1.50 bits per heavy atom. The maximum absolute atomic E-state index is 13.6.